The molecule has 0 bridgehead atoms. The Morgan fingerprint density at radius 2 is 1.80 bits per heavy atom. The average Bonchev–Trinajstić information content (AvgIpc) is 2.94. The van der Waals surface area contributed by atoms with E-state index in [4.69, 9.17) is 9.47 Å². The molecule has 0 spiro atoms. The number of esters is 1. The molecule has 0 atom stereocenters. The number of ether oxygens (including phenoxy) is 3. The van der Waals surface area contributed by atoms with E-state index in [1.165, 1.54) is 7.11 Å². The van der Waals surface area contributed by atoms with Crippen LogP contribution in [0.25, 0.3) is 11.4 Å². The molecule has 1 heterocycles. The highest BCUT2D eigenvalue weighted by Gasteiger charge is 2.12. The highest BCUT2D eigenvalue weighted by Crippen LogP contribution is 2.28. The molecule has 0 fully saturated rings. The highest BCUT2D eigenvalue weighted by molar-refractivity contribution is 5.70. The zero-order valence-electron chi connectivity index (χ0n) is 11.6. The Bertz CT molecular complexity index is 585. The number of rotatable bonds is 5. The van der Waals surface area contributed by atoms with Crippen LogP contribution in [0.5, 0.6) is 11.5 Å². The monoisotopic (exact) mass is 276 g/mol. The van der Waals surface area contributed by atoms with Gasteiger partial charge < -0.3 is 18.8 Å². The number of nitrogens with zero attached hydrogens (tertiary/aromatic N) is 2. The minimum atomic E-state index is -0.334. The highest BCUT2D eigenvalue weighted by atomic mass is 16.5. The van der Waals surface area contributed by atoms with Crippen LogP contribution in [0, 0.1) is 0 Å². The van der Waals surface area contributed by atoms with E-state index in [1.54, 1.807) is 37.2 Å². The third-order valence-electron chi connectivity index (χ3n) is 2.85. The number of imidazole rings is 1. The van der Waals surface area contributed by atoms with Gasteiger partial charge in [0.2, 0.25) is 0 Å². The second-order valence-corrected chi connectivity index (χ2v) is 4.06. The van der Waals surface area contributed by atoms with Crippen LogP contribution >= 0.6 is 0 Å². The molecular weight excluding hydrogens is 260 g/mol. The van der Waals surface area contributed by atoms with Crippen molar-refractivity contribution in [3.05, 3.63) is 30.6 Å². The van der Waals surface area contributed by atoms with E-state index in [0.29, 0.717) is 17.3 Å². The topological polar surface area (TPSA) is 62.6 Å². The molecule has 20 heavy (non-hydrogen) atoms. The summed E-state index contributed by atoms with van der Waals surface area (Å²) in [4.78, 5) is 15.7. The molecular formula is C14H16N2O4. The fourth-order valence-electron chi connectivity index (χ4n) is 1.84. The molecule has 106 valence electrons. The Balaban J connectivity index is 2.41. The zero-order valence-corrected chi connectivity index (χ0v) is 11.6. The summed E-state index contributed by atoms with van der Waals surface area (Å²) in [5.74, 6) is 1.63. The van der Waals surface area contributed by atoms with Gasteiger partial charge in [0.05, 0.1) is 21.3 Å². The summed E-state index contributed by atoms with van der Waals surface area (Å²) >= 11 is 0. The Morgan fingerprint density at radius 3 is 2.35 bits per heavy atom. The van der Waals surface area contributed by atoms with E-state index in [2.05, 4.69) is 9.72 Å². The van der Waals surface area contributed by atoms with Gasteiger partial charge in [0, 0.05) is 24.0 Å². The van der Waals surface area contributed by atoms with Crippen LogP contribution in [-0.2, 0) is 16.1 Å². The molecule has 6 heteroatoms. The first kappa shape index (κ1) is 13.9. The summed E-state index contributed by atoms with van der Waals surface area (Å²) in [6.07, 6.45) is 3.35. The standard InChI is InChI=1S/C14H16N2O4/c1-18-11-6-10(7-12(8-11)19-2)14-15-4-5-16(14)9-13(17)20-3/h4-8H,9H2,1-3H3. The molecule has 0 unspecified atom stereocenters. The first-order chi connectivity index (χ1) is 9.67. The quantitative estimate of drug-likeness (QED) is 0.778. The molecule has 0 radical (unpaired) electrons. The van der Waals surface area contributed by atoms with Gasteiger partial charge in [0.1, 0.15) is 23.9 Å². The maximum absolute atomic E-state index is 11.4. The minimum absolute atomic E-state index is 0.103. The van der Waals surface area contributed by atoms with Gasteiger partial charge in [-0.25, -0.2) is 4.98 Å². The van der Waals surface area contributed by atoms with Crippen LogP contribution in [0.15, 0.2) is 30.6 Å². The van der Waals surface area contributed by atoms with Gasteiger partial charge in [-0.3, -0.25) is 4.79 Å². The van der Waals surface area contributed by atoms with Gasteiger partial charge in [-0.2, -0.15) is 0 Å². The van der Waals surface area contributed by atoms with Crippen molar-refractivity contribution in [3.63, 3.8) is 0 Å². The van der Waals surface area contributed by atoms with Crippen LogP contribution in [-0.4, -0.2) is 36.8 Å². The number of hydrogen-bond donors (Lipinski definition) is 0. The molecule has 1 aromatic carbocycles. The van der Waals surface area contributed by atoms with Crippen LogP contribution in [0.1, 0.15) is 0 Å². The second kappa shape index (κ2) is 6.10. The lowest BCUT2D eigenvalue weighted by Crippen LogP contribution is -2.11. The van der Waals surface area contributed by atoms with Crippen molar-refractivity contribution >= 4 is 5.97 Å². The Hall–Kier alpha value is -2.50. The van der Waals surface area contributed by atoms with Crippen molar-refractivity contribution in [1.29, 1.82) is 0 Å². The number of carbonyl (C=O) groups is 1. The second-order valence-electron chi connectivity index (χ2n) is 4.06. The normalized spacial score (nSPS) is 10.2. The molecule has 0 N–H and O–H groups in total. The summed E-state index contributed by atoms with van der Waals surface area (Å²) in [7, 11) is 4.52. The summed E-state index contributed by atoms with van der Waals surface area (Å²) in [6, 6.07) is 5.44. The summed E-state index contributed by atoms with van der Waals surface area (Å²) in [5.41, 5.74) is 0.801. The molecule has 0 saturated heterocycles. The third kappa shape index (κ3) is 2.90. The molecule has 0 amide bonds. The average molecular weight is 276 g/mol. The van der Waals surface area contributed by atoms with E-state index < -0.39 is 0 Å². The smallest absolute Gasteiger partial charge is 0.325 e. The van der Waals surface area contributed by atoms with Gasteiger partial charge in [-0.1, -0.05) is 0 Å². The lowest BCUT2D eigenvalue weighted by molar-refractivity contribution is -0.141. The van der Waals surface area contributed by atoms with Gasteiger partial charge in [0.25, 0.3) is 0 Å². The van der Waals surface area contributed by atoms with E-state index in [1.807, 2.05) is 12.1 Å². The molecule has 0 aliphatic carbocycles. The Morgan fingerprint density at radius 1 is 1.15 bits per heavy atom. The van der Waals surface area contributed by atoms with E-state index >= 15 is 0 Å². The third-order valence-corrected chi connectivity index (χ3v) is 2.85. The summed E-state index contributed by atoms with van der Waals surface area (Å²) in [5, 5.41) is 0. The largest absolute Gasteiger partial charge is 0.497 e. The fourth-order valence-corrected chi connectivity index (χ4v) is 1.84. The summed E-state index contributed by atoms with van der Waals surface area (Å²) in [6.45, 7) is 0.103. The number of benzene rings is 1. The van der Waals surface area contributed by atoms with E-state index in [0.717, 1.165) is 5.56 Å². The van der Waals surface area contributed by atoms with Gasteiger partial charge in [-0.15, -0.1) is 0 Å². The molecule has 6 nitrogen and oxygen atoms in total. The first-order valence-electron chi connectivity index (χ1n) is 5.99. The number of carbonyl (C=O) groups excluding carboxylic acids is 1. The van der Waals surface area contributed by atoms with Gasteiger partial charge in [-0.05, 0) is 12.1 Å². The van der Waals surface area contributed by atoms with Gasteiger partial charge in [0.15, 0.2) is 0 Å². The Labute approximate surface area is 116 Å². The van der Waals surface area contributed by atoms with E-state index in [-0.39, 0.29) is 12.5 Å². The van der Waals surface area contributed by atoms with Gasteiger partial charge >= 0.3 is 5.97 Å². The number of hydrogen-bond acceptors (Lipinski definition) is 5. The van der Waals surface area contributed by atoms with E-state index in [9.17, 15) is 4.79 Å². The Kier molecular flexibility index (Phi) is 4.24. The van der Waals surface area contributed by atoms with Crippen molar-refractivity contribution in [2.75, 3.05) is 21.3 Å². The predicted molar refractivity (Wildman–Crippen MR) is 72.8 cm³/mol. The lowest BCUT2D eigenvalue weighted by Gasteiger charge is -2.10. The minimum Gasteiger partial charge on any atom is -0.497 e. The fraction of sp³-hybridized carbons (Fsp3) is 0.286. The van der Waals surface area contributed by atoms with Crippen LogP contribution in [0.2, 0.25) is 0 Å². The van der Waals surface area contributed by atoms with Crippen molar-refractivity contribution in [2.24, 2.45) is 0 Å². The molecule has 0 saturated carbocycles. The van der Waals surface area contributed by atoms with Crippen LogP contribution in [0.3, 0.4) is 0 Å². The zero-order chi connectivity index (χ0) is 14.5. The maximum atomic E-state index is 11.4. The van der Waals surface area contributed by atoms with Crippen molar-refractivity contribution in [3.8, 4) is 22.9 Å². The van der Waals surface area contributed by atoms with Crippen LogP contribution in [0.4, 0.5) is 0 Å². The number of methoxy groups -OCH3 is 3. The lowest BCUT2D eigenvalue weighted by atomic mass is 10.2. The van der Waals surface area contributed by atoms with Crippen molar-refractivity contribution in [2.45, 2.75) is 6.54 Å². The molecule has 1 aromatic heterocycles. The molecule has 2 rings (SSSR count). The molecule has 2 aromatic rings. The summed E-state index contributed by atoms with van der Waals surface area (Å²) < 4.78 is 16.8. The molecule has 0 aliphatic heterocycles. The first-order valence-corrected chi connectivity index (χ1v) is 5.99. The number of aromatic nitrogens is 2. The van der Waals surface area contributed by atoms with Crippen LogP contribution < -0.4 is 9.47 Å². The SMILES string of the molecule is COC(=O)Cn1ccnc1-c1cc(OC)cc(OC)c1. The predicted octanol–water partition coefficient (Wildman–Crippen LogP) is 1.74. The maximum Gasteiger partial charge on any atom is 0.325 e. The van der Waals surface area contributed by atoms with Crippen molar-refractivity contribution < 1.29 is 19.0 Å². The molecule has 0 aliphatic rings. The van der Waals surface area contributed by atoms with Crippen molar-refractivity contribution in [1.82, 2.24) is 9.55 Å².